The maximum Gasteiger partial charge on any atom is 0.268 e. The molecule has 7 heteroatoms. The summed E-state index contributed by atoms with van der Waals surface area (Å²) in [6.07, 6.45) is 5.27. The summed E-state index contributed by atoms with van der Waals surface area (Å²) >= 11 is 0. The molecule has 0 aliphatic carbocycles. The molecule has 0 saturated carbocycles. The Labute approximate surface area is 624 Å². The average molecular weight is 1470 g/mol. The molecule has 0 spiro atoms. The molecule has 0 N–H and O–H groups in total. The fraction of sp³-hybridized carbons (Fsp3) is 0.0667. The fourth-order valence-corrected chi connectivity index (χ4v) is 16.8. The van der Waals surface area contributed by atoms with Gasteiger partial charge in [-0.15, -0.1) is 29.7 Å². The van der Waals surface area contributed by atoms with E-state index in [0.29, 0.717) is 11.3 Å². The third kappa shape index (κ3) is 10.3. The van der Waals surface area contributed by atoms with Gasteiger partial charge < -0.3 is 13.9 Å². The first-order valence-corrected chi connectivity index (χ1v) is 32.5. The Morgan fingerprint density at radius 3 is 1.74 bits per heavy atom. The van der Waals surface area contributed by atoms with Gasteiger partial charge >= 0.3 is 0 Å². The number of fused-ring (bicyclic) bond motifs is 10. The van der Waals surface area contributed by atoms with Gasteiger partial charge in [-0.05, 0) is 159 Å². The van der Waals surface area contributed by atoms with Crippen LogP contribution in [0, 0.1) is 32.2 Å². The van der Waals surface area contributed by atoms with Gasteiger partial charge in [0.2, 0.25) is 0 Å². The average Bonchev–Trinajstić information content (AvgIpc) is 1.12. The summed E-state index contributed by atoms with van der Waals surface area (Å²) in [5.41, 5.74) is 0.555. The van der Waals surface area contributed by atoms with E-state index in [1.807, 2.05) is 47.0 Å². The molecule has 1 aliphatic heterocycles. The van der Waals surface area contributed by atoms with Crippen molar-refractivity contribution >= 4 is 61.7 Å². The minimum absolute atomic E-state index is 0. The summed E-state index contributed by atoms with van der Waals surface area (Å²) in [7, 11) is -6.49. The molecule has 4 heterocycles. The molecule has 0 atom stereocenters. The van der Waals surface area contributed by atoms with Crippen molar-refractivity contribution in [1.29, 1.82) is 0 Å². The molecule has 3 aromatic heterocycles. The van der Waals surface area contributed by atoms with Crippen LogP contribution in [0.2, 0.25) is 0 Å². The number of pyridine rings is 1. The van der Waals surface area contributed by atoms with E-state index in [2.05, 4.69) is 39.2 Å². The second-order valence-electron chi connectivity index (χ2n) is 24.0. The van der Waals surface area contributed by atoms with Gasteiger partial charge in [-0.1, -0.05) is 274 Å². The largest absolute Gasteiger partial charge is 0.510 e. The van der Waals surface area contributed by atoms with E-state index < -0.39 is 204 Å². The van der Waals surface area contributed by atoms with Crippen LogP contribution < -0.4 is 30.1 Å². The second-order valence-corrected chi connectivity index (χ2v) is 27.5. The van der Waals surface area contributed by atoms with Gasteiger partial charge in [-0.2, -0.15) is 18.2 Å². The number of benzene rings is 13. The monoisotopic (exact) mass is 1470 g/mol. The van der Waals surface area contributed by atoms with Crippen molar-refractivity contribution in [2.75, 3.05) is 0 Å². The van der Waals surface area contributed by atoms with Crippen molar-refractivity contribution in [2.24, 2.45) is 0 Å². The standard InChI is InChI=1S/C90H66N4OSi.Pt/c1-60-27-22-28-61(2)86(60)79-46-26-47-80-87-73(62-29-10-6-11-30-62)44-25-45-78(87)74-41-18-19-42-75(74)81-54-64(63-31-23-40-72(53-63)96(69-34-12-7-13-35-69,70-36-14-8-15-37-70)71-38-16-9-17-39-71)55-84-89(81)93(88(79)80)59-92(84)66-32-24-33-67(57-66)95-68-49-50-77-76-43-20-21-48-82(76)94(83(77)58-68)85-56-65(51-52-91-85)90(3,4)5;/h6-56H,1-5H3;/q-2;/i1D3,2D3,6D,7D,8D,9D,10D,11D,12D,13D,14D,15D,16D,17D,23D,29D,30D,31D,34D,35D,36D,37D,38D,39D,40D,53D;. The zero-order valence-corrected chi connectivity index (χ0v) is 54.9. The molecule has 0 saturated heterocycles. The van der Waals surface area contributed by atoms with Crippen molar-refractivity contribution in [3.05, 3.63) is 344 Å². The van der Waals surface area contributed by atoms with Gasteiger partial charge in [0.05, 0.1) is 49.6 Å². The van der Waals surface area contributed by atoms with Gasteiger partial charge in [0.15, 0.2) is 8.07 Å². The molecule has 16 aromatic rings. The minimum atomic E-state index is -6.49. The van der Waals surface area contributed by atoms with Crippen LogP contribution in [0.3, 0.4) is 0 Å². The van der Waals surface area contributed by atoms with Gasteiger partial charge in [0.1, 0.15) is 5.82 Å². The Hall–Kier alpha value is -11.0. The molecule has 17 rings (SSSR count). The van der Waals surface area contributed by atoms with Crippen molar-refractivity contribution < 1.29 is 71.5 Å². The molecule has 1 aliphatic rings. The van der Waals surface area contributed by atoms with Crippen molar-refractivity contribution in [3.63, 3.8) is 0 Å². The second kappa shape index (κ2) is 24.6. The number of rotatable bonds is 11. The number of aryl methyl sites for hydroxylation is 2. The summed E-state index contributed by atoms with van der Waals surface area (Å²) < 4.78 is 298. The van der Waals surface area contributed by atoms with E-state index in [1.165, 1.54) is 51.6 Å². The molecule has 0 fully saturated rings. The summed E-state index contributed by atoms with van der Waals surface area (Å²) in [6, 6.07) is 24.4. The first kappa shape index (κ1) is 36.2. The van der Waals surface area contributed by atoms with Gasteiger partial charge in [0.25, 0.3) is 6.33 Å². The summed E-state index contributed by atoms with van der Waals surface area (Å²) in [5, 5.41) is -2.62. The van der Waals surface area contributed by atoms with E-state index >= 15 is 0 Å². The number of imidazole rings is 1. The third-order valence-corrected chi connectivity index (χ3v) is 21.5. The molecule has 5 nitrogen and oxygen atoms in total. The number of hydrogen-bond acceptors (Lipinski definition) is 2. The quantitative estimate of drug-likeness (QED) is 0.0560. The van der Waals surface area contributed by atoms with Gasteiger partial charge in [-0.3, -0.25) is 4.57 Å². The Morgan fingerprint density at radius 2 is 1.05 bits per heavy atom. The number of para-hydroxylation sites is 2. The normalized spacial score (nSPS) is 16.5. The van der Waals surface area contributed by atoms with E-state index in [0.717, 1.165) is 21.9 Å². The number of hydrogen-bond donors (Lipinski definition) is 0. The zero-order chi connectivity index (χ0) is 90.5. The van der Waals surface area contributed by atoms with E-state index in [-0.39, 0.29) is 122 Å². The molecular formula is C90H66N4OPtSi-2. The van der Waals surface area contributed by atoms with E-state index in [4.69, 9.17) is 17.9 Å². The van der Waals surface area contributed by atoms with Crippen LogP contribution >= 0.6 is 0 Å². The van der Waals surface area contributed by atoms with Gasteiger partial charge in [0, 0.05) is 52.5 Å². The van der Waals surface area contributed by atoms with Crippen LogP contribution in [0.25, 0.3) is 117 Å². The number of nitrogens with zero attached hydrogens (tertiary/aromatic N) is 4. The van der Waals surface area contributed by atoms with E-state index in [9.17, 15) is 32.9 Å². The number of ether oxygens (including phenoxy) is 1. The van der Waals surface area contributed by atoms with Crippen LogP contribution in [0.1, 0.15) is 78.6 Å². The van der Waals surface area contributed by atoms with Crippen molar-refractivity contribution in [2.45, 2.75) is 39.9 Å². The summed E-state index contributed by atoms with van der Waals surface area (Å²) in [4.78, 5) is 4.85. The molecular weight excluding hydrogens is 1380 g/mol. The molecule has 468 valence electrons. The Kier molecular flexibility index (Phi) is 9.19. The number of aromatic nitrogens is 4. The smallest absolute Gasteiger partial charge is 0.268 e. The van der Waals surface area contributed by atoms with Crippen molar-refractivity contribution in [1.82, 2.24) is 14.1 Å². The van der Waals surface area contributed by atoms with Gasteiger partial charge in [-0.25, -0.2) is 4.98 Å². The Morgan fingerprint density at radius 1 is 0.474 bits per heavy atom. The van der Waals surface area contributed by atoms with Crippen LogP contribution in [-0.4, -0.2) is 22.2 Å². The molecule has 0 unspecified atom stereocenters. The molecule has 97 heavy (non-hydrogen) atoms. The Balaban J connectivity index is 0.0000119. The van der Waals surface area contributed by atoms with Crippen LogP contribution in [-0.2, 0) is 26.5 Å². The van der Waals surface area contributed by atoms with Crippen molar-refractivity contribution in [3.8, 4) is 95.5 Å². The predicted molar refractivity (Wildman–Crippen MR) is 398 cm³/mol. The third-order valence-electron chi connectivity index (χ3n) is 17.5. The summed E-state index contributed by atoms with van der Waals surface area (Å²) in [6.45, 7) is 0.0977. The maximum atomic E-state index is 11.2. The fourth-order valence-electron chi connectivity index (χ4n) is 13.2. The SMILES string of the molecule is [2H]c1c([2H])c([2H])c(-c2cccc3c2-c2cccc(-c4c(C([2H])([2H])[2H])cccc4C([2H])([2H])[2H])c2-[n+]2[c-]n(-c4[c-]c(Oc5[c-]c6c(cc5)c5ccccc5n6-c5cc(C(C)(C)C)ccn5)ccc4)c4cc(-c5c([2H])c([2H])c([2H])c([Si](c6c([2H])c([2H])c([2H])c([2H])c6[2H])(c6c([2H])c([2H])c([2H])c([2H])c6[2H])c6c([2H])c([2H])c([2H])c([2H])c6[2H])c5[2H])cc(c42)-c2ccccc2-3)c([2H])c1[2H].[Pt]. The summed E-state index contributed by atoms with van der Waals surface area (Å²) in [5.74, 6) is 0.800. The molecule has 0 amide bonds. The maximum absolute atomic E-state index is 11.2. The predicted octanol–water partition coefficient (Wildman–Crippen LogP) is 19.2. The topological polar surface area (TPSA) is 35.9 Å². The molecule has 0 radical (unpaired) electrons. The first-order chi connectivity index (χ1) is 59.5. The van der Waals surface area contributed by atoms with E-state index in [1.54, 1.807) is 79.0 Å². The van der Waals surface area contributed by atoms with Crippen LogP contribution in [0.4, 0.5) is 0 Å². The van der Waals surface area contributed by atoms with Crippen LogP contribution in [0.15, 0.2) is 309 Å². The first-order valence-electron chi connectivity index (χ1n) is 45.5. The minimum Gasteiger partial charge on any atom is -0.510 e. The zero-order valence-electron chi connectivity index (χ0n) is 81.6. The van der Waals surface area contributed by atoms with Crippen LogP contribution in [0.5, 0.6) is 11.5 Å². The molecule has 13 aromatic carbocycles. The Bertz CT molecular complexity index is 7160. The molecule has 0 bridgehead atoms.